The zero-order valence-electron chi connectivity index (χ0n) is 15.9. The molecule has 158 valence electrons. The number of fused-ring (bicyclic) bond motifs is 1. The number of halogens is 3. The second-order valence-electron chi connectivity index (χ2n) is 6.81. The molecule has 0 aliphatic carbocycles. The van der Waals surface area contributed by atoms with E-state index in [-0.39, 0.29) is 6.10 Å². The van der Waals surface area contributed by atoms with Crippen molar-refractivity contribution in [1.29, 1.82) is 0 Å². The molecule has 0 unspecified atom stereocenters. The van der Waals surface area contributed by atoms with Crippen molar-refractivity contribution in [2.45, 2.75) is 50.2 Å². The number of likely N-dealkylation sites (tertiary alicyclic amines) is 1. The molecule has 0 aromatic heterocycles. The summed E-state index contributed by atoms with van der Waals surface area (Å²) in [4.78, 5) is 11.5. The highest BCUT2D eigenvalue weighted by atomic mass is 19.4. The van der Waals surface area contributed by atoms with Gasteiger partial charge in [-0.05, 0) is 37.0 Å². The van der Waals surface area contributed by atoms with E-state index in [1.165, 1.54) is 12.0 Å². The highest BCUT2D eigenvalue weighted by Gasteiger charge is 2.39. The zero-order valence-corrected chi connectivity index (χ0v) is 15.9. The maximum absolute atomic E-state index is 10.6. The van der Waals surface area contributed by atoms with Gasteiger partial charge in [-0.25, -0.2) is 4.79 Å². The SMILES string of the molecule is COC[C@H]1CC[C@@H]2[C@@H](CCN2Cc2ccc(OC)cc2)O1.O=C(O)C(F)(F)F. The number of hydrogen-bond donors (Lipinski definition) is 1. The summed E-state index contributed by atoms with van der Waals surface area (Å²) in [5, 5.41) is 7.12. The van der Waals surface area contributed by atoms with Gasteiger partial charge in [-0.2, -0.15) is 13.2 Å². The second-order valence-corrected chi connectivity index (χ2v) is 6.81. The lowest BCUT2D eigenvalue weighted by molar-refractivity contribution is -0.192. The summed E-state index contributed by atoms with van der Waals surface area (Å²) >= 11 is 0. The van der Waals surface area contributed by atoms with Gasteiger partial charge in [-0.3, -0.25) is 4.90 Å². The van der Waals surface area contributed by atoms with E-state index < -0.39 is 12.1 Å². The van der Waals surface area contributed by atoms with Gasteiger partial charge in [0, 0.05) is 26.2 Å². The van der Waals surface area contributed by atoms with Gasteiger partial charge in [0.25, 0.3) is 0 Å². The van der Waals surface area contributed by atoms with Crippen molar-refractivity contribution in [3.8, 4) is 5.75 Å². The minimum Gasteiger partial charge on any atom is -0.497 e. The van der Waals surface area contributed by atoms with E-state index in [2.05, 4.69) is 17.0 Å². The van der Waals surface area contributed by atoms with Crippen LogP contribution in [0.25, 0.3) is 0 Å². The Morgan fingerprint density at radius 2 is 1.86 bits per heavy atom. The summed E-state index contributed by atoms with van der Waals surface area (Å²) in [6, 6.07) is 8.96. The molecule has 2 heterocycles. The Balaban J connectivity index is 0.000000345. The van der Waals surface area contributed by atoms with E-state index in [4.69, 9.17) is 24.1 Å². The summed E-state index contributed by atoms with van der Waals surface area (Å²) in [5.41, 5.74) is 1.34. The van der Waals surface area contributed by atoms with Crippen molar-refractivity contribution in [2.75, 3.05) is 27.4 Å². The lowest BCUT2D eigenvalue weighted by Gasteiger charge is -2.35. The van der Waals surface area contributed by atoms with Gasteiger partial charge in [-0.1, -0.05) is 12.1 Å². The van der Waals surface area contributed by atoms with Crippen LogP contribution < -0.4 is 4.74 Å². The Bertz CT molecular complexity index is 623. The Labute approximate surface area is 162 Å². The van der Waals surface area contributed by atoms with Gasteiger partial charge in [0.2, 0.25) is 0 Å². The van der Waals surface area contributed by atoms with Crippen LogP contribution in [0.2, 0.25) is 0 Å². The third-order valence-electron chi connectivity index (χ3n) is 4.89. The molecule has 1 aromatic carbocycles. The van der Waals surface area contributed by atoms with Crippen molar-refractivity contribution in [2.24, 2.45) is 0 Å². The van der Waals surface area contributed by atoms with Crippen LogP contribution in [0.5, 0.6) is 5.75 Å². The molecule has 28 heavy (non-hydrogen) atoms. The number of carboxylic acids is 1. The number of aliphatic carboxylic acids is 1. The lowest BCUT2D eigenvalue weighted by Crippen LogP contribution is -2.43. The minimum absolute atomic E-state index is 0.289. The monoisotopic (exact) mass is 405 g/mol. The van der Waals surface area contributed by atoms with Crippen LogP contribution in [0.1, 0.15) is 24.8 Å². The van der Waals surface area contributed by atoms with Gasteiger partial charge < -0.3 is 19.3 Å². The summed E-state index contributed by atoms with van der Waals surface area (Å²) in [7, 11) is 3.45. The smallest absolute Gasteiger partial charge is 0.490 e. The number of rotatable bonds is 5. The normalized spacial score (nSPS) is 24.8. The molecule has 9 heteroatoms. The molecule has 0 saturated carbocycles. The number of methoxy groups -OCH3 is 2. The van der Waals surface area contributed by atoms with Crippen molar-refractivity contribution >= 4 is 5.97 Å². The first-order valence-electron chi connectivity index (χ1n) is 9.06. The average Bonchev–Trinajstić information content (AvgIpc) is 3.04. The average molecular weight is 405 g/mol. The molecule has 2 aliphatic heterocycles. The van der Waals surface area contributed by atoms with E-state index in [0.29, 0.717) is 12.1 Å². The second kappa shape index (κ2) is 10.1. The molecule has 0 amide bonds. The first-order chi connectivity index (χ1) is 13.2. The molecule has 3 rings (SSSR count). The number of ether oxygens (including phenoxy) is 3. The van der Waals surface area contributed by atoms with Gasteiger partial charge in [0.15, 0.2) is 0 Å². The van der Waals surface area contributed by atoms with Crippen LogP contribution in [0.3, 0.4) is 0 Å². The van der Waals surface area contributed by atoms with E-state index in [1.54, 1.807) is 14.2 Å². The molecular formula is C19H26F3NO5. The number of carbonyl (C=O) groups is 1. The van der Waals surface area contributed by atoms with Crippen molar-refractivity contribution < 1.29 is 37.3 Å². The molecule has 1 N–H and O–H groups in total. The quantitative estimate of drug-likeness (QED) is 0.812. The molecule has 2 fully saturated rings. The third-order valence-corrected chi connectivity index (χ3v) is 4.89. The van der Waals surface area contributed by atoms with E-state index in [9.17, 15) is 13.2 Å². The summed E-state index contributed by atoms with van der Waals surface area (Å²) < 4.78 is 48.3. The number of carboxylic acid groups (broad SMARTS) is 1. The third kappa shape index (κ3) is 6.35. The van der Waals surface area contributed by atoms with Gasteiger partial charge >= 0.3 is 12.1 Å². The van der Waals surface area contributed by atoms with Crippen molar-refractivity contribution in [3.63, 3.8) is 0 Å². The number of hydrogen-bond acceptors (Lipinski definition) is 5. The highest BCUT2D eigenvalue weighted by molar-refractivity contribution is 5.73. The first kappa shape index (κ1) is 22.4. The standard InChI is InChI=1S/C17H25NO3.C2HF3O2/c1-19-12-15-7-8-16-17(21-15)9-10-18(16)11-13-3-5-14(20-2)6-4-13;3-2(4,5)1(6)7/h3-6,15-17H,7-12H2,1-2H3;(H,6,7)/t15-,16-,17-;/m1./s1. The fourth-order valence-electron chi connectivity index (χ4n) is 3.56. The maximum Gasteiger partial charge on any atom is 0.490 e. The molecule has 0 spiro atoms. The molecule has 3 atom stereocenters. The molecule has 0 radical (unpaired) electrons. The van der Waals surface area contributed by atoms with Crippen LogP contribution in [-0.2, 0) is 20.8 Å². The molecule has 1 aromatic rings. The van der Waals surface area contributed by atoms with E-state index in [0.717, 1.165) is 38.3 Å². The summed E-state index contributed by atoms with van der Waals surface area (Å²) in [6.07, 6.45) is -0.946. The fraction of sp³-hybridized carbons (Fsp3) is 0.632. The van der Waals surface area contributed by atoms with Crippen LogP contribution in [0, 0.1) is 0 Å². The zero-order chi connectivity index (χ0) is 20.7. The Hall–Kier alpha value is -1.84. The molecule has 2 saturated heterocycles. The van der Waals surface area contributed by atoms with Crippen LogP contribution >= 0.6 is 0 Å². The van der Waals surface area contributed by atoms with Gasteiger partial charge in [-0.15, -0.1) is 0 Å². The van der Waals surface area contributed by atoms with Crippen LogP contribution in [0.4, 0.5) is 13.2 Å². The fourth-order valence-corrected chi connectivity index (χ4v) is 3.56. The number of alkyl halides is 3. The number of nitrogens with zero attached hydrogens (tertiary/aromatic N) is 1. The van der Waals surface area contributed by atoms with E-state index in [1.807, 2.05) is 12.1 Å². The highest BCUT2D eigenvalue weighted by Crippen LogP contribution is 2.32. The topological polar surface area (TPSA) is 68.2 Å². The summed E-state index contributed by atoms with van der Waals surface area (Å²) in [6.45, 7) is 2.85. The van der Waals surface area contributed by atoms with Gasteiger partial charge in [0.1, 0.15) is 5.75 Å². The molecule has 2 aliphatic rings. The minimum atomic E-state index is -5.08. The molecular weight excluding hydrogens is 379 g/mol. The number of benzene rings is 1. The Kier molecular flexibility index (Phi) is 8.09. The Morgan fingerprint density at radius 1 is 1.21 bits per heavy atom. The Morgan fingerprint density at radius 3 is 2.39 bits per heavy atom. The van der Waals surface area contributed by atoms with Crippen LogP contribution in [-0.4, -0.2) is 67.8 Å². The molecule has 6 nitrogen and oxygen atoms in total. The largest absolute Gasteiger partial charge is 0.497 e. The lowest BCUT2D eigenvalue weighted by atomic mass is 9.99. The van der Waals surface area contributed by atoms with Gasteiger partial charge in [0.05, 0.1) is 25.9 Å². The maximum atomic E-state index is 10.6. The van der Waals surface area contributed by atoms with Crippen molar-refractivity contribution in [3.05, 3.63) is 29.8 Å². The van der Waals surface area contributed by atoms with Crippen LogP contribution in [0.15, 0.2) is 24.3 Å². The molecule has 0 bridgehead atoms. The predicted octanol–water partition coefficient (Wildman–Crippen LogP) is 3.10. The van der Waals surface area contributed by atoms with Crippen molar-refractivity contribution in [1.82, 2.24) is 4.90 Å². The van der Waals surface area contributed by atoms with E-state index >= 15 is 0 Å². The first-order valence-corrected chi connectivity index (χ1v) is 9.06. The predicted molar refractivity (Wildman–Crippen MR) is 95.3 cm³/mol. The summed E-state index contributed by atoms with van der Waals surface area (Å²) in [5.74, 6) is -1.84.